The van der Waals surface area contributed by atoms with E-state index in [1.54, 1.807) is 11.3 Å². The number of rotatable bonds is 6. The van der Waals surface area contributed by atoms with Gasteiger partial charge >= 0.3 is 0 Å². The number of benzene rings is 1. The standard InChI is InChI=1S/C16H22N2S/c1-3-4-5-13-6-8-14(9-7-13)10-15-12(2)18-16(11-17)19-15/h6-9H,3-5,10-11,17H2,1-2H3. The van der Waals surface area contributed by atoms with Crippen molar-refractivity contribution in [3.05, 3.63) is 51.0 Å². The molecule has 1 heterocycles. The van der Waals surface area contributed by atoms with Gasteiger partial charge in [-0.3, -0.25) is 0 Å². The van der Waals surface area contributed by atoms with Crippen molar-refractivity contribution in [3.63, 3.8) is 0 Å². The zero-order valence-corrected chi connectivity index (χ0v) is 12.6. The largest absolute Gasteiger partial charge is 0.325 e. The number of hydrogen-bond acceptors (Lipinski definition) is 3. The van der Waals surface area contributed by atoms with Crippen LogP contribution in [-0.2, 0) is 19.4 Å². The van der Waals surface area contributed by atoms with Gasteiger partial charge in [-0.1, -0.05) is 37.6 Å². The zero-order chi connectivity index (χ0) is 13.7. The molecule has 102 valence electrons. The molecule has 2 N–H and O–H groups in total. The normalized spacial score (nSPS) is 10.9. The van der Waals surface area contributed by atoms with Crippen LogP contribution >= 0.6 is 11.3 Å². The minimum absolute atomic E-state index is 0.543. The maximum Gasteiger partial charge on any atom is 0.107 e. The van der Waals surface area contributed by atoms with Gasteiger partial charge < -0.3 is 5.73 Å². The summed E-state index contributed by atoms with van der Waals surface area (Å²) in [4.78, 5) is 5.81. The molecule has 0 aliphatic carbocycles. The highest BCUT2D eigenvalue weighted by molar-refractivity contribution is 7.11. The molecule has 2 rings (SSSR count). The number of aromatic nitrogens is 1. The summed E-state index contributed by atoms with van der Waals surface area (Å²) in [5.41, 5.74) is 9.56. The third kappa shape index (κ3) is 3.88. The highest BCUT2D eigenvalue weighted by atomic mass is 32.1. The van der Waals surface area contributed by atoms with Crippen LogP contribution in [0.25, 0.3) is 0 Å². The molecular formula is C16H22N2S. The summed E-state index contributed by atoms with van der Waals surface area (Å²) >= 11 is 1.74. The maximum atomic E-state index is 5.64. The van der Waals surface area contributed by atoms with Crippen molar-refractivity contribution in [2.75, 3.05) is 0 Å². The van der Waals surface area contributed by atoms with E-state index < -0.39 is 0 Å². The minimum Gasteiger partial charge on any atom is -0.325 e. The Morgan fingerprint density at radius 1 is 1.16 bits per heavy atom. The highest BCUT2D eigenvalue weighted by Crippen LogP contribution is 2.21. The molecule has 0 saturated heterocycles. The Bertz CT molecular complexity index is 514. The van der Waals surface area contributed by atoms with Gasteiger partial charge in [0.05, 0.1) is 5.69 Å². The van der Waals surface area contributed by atoms with Crippen molar-refractivity contribution in [2.24, 2.45) is 5.73 Å². The second kappa shape index (κ2) is 6.83. The van der Waals surface area contributed by atoms with Crippen LogP contribution in [0, 0.1) is 6.92 Å². The number of nitrogens with two attached hydrogens (primary N) is 1. The third-order valence-electron chi connectivity index (χ3n) is 3.32. The van der Waals surface area contributed by atoms with Gasteiger partial charge in [0.15, 0.2) is 0 Å². The first-order valence-corrected chi connectivity index (χ1v) is 7.77. The van der Waals surface area contributed by atoms with E-state index in [2.05, 4.69) is 43.1 Å². The molecule has 0 bridgehead atoms. The lowest BCUT2D eigenvalue weighted by Crippen LogP contribution is -1.94. The highest BCUT2D eigenvalue weighted by Gasteiger charge is 2.07. The van der Waals surface area contributed by atoms with E-state index in [1.807, 2.05) is 0 Å². The average Bonchev–Trinajstić information content (AvgIpc) is 2.79. The number of thiazole rings is 1. The van der Waals surface area contributed by atoms with Crippen LogP contribution in [-0.4, -0.2) is 4.98 Å². The zero-order valence-electron chi connectivity index (χ0n) is 11.8. The van der Waals surface area contributed by atoms with Gasteiger partial charge in [-0.05, 0) is 30.9 Å². The molecule has 1 aromatic heterocycles. The lowest BCUT2D eigenvalue weighted by Gasteiger charge is -2.03. The van der Waals surface area contributed by atoms with Gasteiger partial charge in [0.25, 0.3) is 0 Å². The molecule has 0 atom stereocenters. The van der Waals surface area contributed by atoms with Crippen molar-refractivity contribution in [1.82, 2.24) is 4.98 Å². The molecule has 0 amide bonds. The molecule has 0 aliphatic heterocycles. The third-order valence-corrected chi connectivity index (χ3v) is 4.50. The number of unbranched alkanes of at least 4 members (excludes halogenated alkanes) is 1. The predicted octanol–water partition coefficient (Wildman–Crippen LogP) is 3.84. The average molecular weight is 274 g/mol. The predicted molar refractivity (Wildman–Crippen MR) is 82.6 cm³/mol. The first kappa shape index (κ1) is 14.2. The van der Waals surface area contributed by atoms with E-state index in [9.17, 15) is 0 Å². The smallest absolute Gasteiger partial charge is 0.107 e. The molecule has 3 heteroatoms. The summed E-state index contributed by atoms with van der Waals surface area (Å²) in [6, 6.07) is 8.99. The summed E-state index contributed by atoms with van der Waals surface area (Å²) < 4.78 is 0. The van der Waals surface area contributed by atoms with Gasteiger partial charge in [-0.15, -0.1) is 11.3 Å². The van der Waals surface area contributed by atoms with Gasteiger partial charge in [-0.25, -0.2) is 4.98 Å². The van der Waals surface area contributed by atoms with Crippen molar-refractivity contribution in [3.8, 4) is 0 Å². The molecule has 0 saturated carbocycles. The first-order chi connectivity index (χ1) is 9.22. The van der Waals surface area contributed by atoms with Crippen LogP contribution in [0.4, 0.5) is 0 Å². The van der Waals surface area contributed by atoms with Crippen LogP contribution in [0.1, 0.15) is 46.5 Å². The number of hydrogen-bond donors (Lipinski definition) is 1. The van der Waals surface area contributed by atoms with Gasteiger partial charge in [-0.2, -0.15) is 0 Å². The molecule has 0 unspecified atom stereocenters. The Balaban J connectivity index is 2.04. The fraction of sp³-hybridized carbons (Fsp3) is 0.438. The SMILES string of the molecule is CCCCc1ccc(Cc2sc(CN)nc2C)cc1. The van der Waals surface area contributed by atoms with Gasteiger partial charge in [0, 0.05) is 17.8 Å². The van der Waals surface area contributed by atoms with Crippen molar-refractivity contribution >= 4 is 11.3 Å². The second-order valence-corrected chi connectivity index (χ2v) is 6.09. The van der Waals surface area contributed by atoms with Crippen molar-refractivity contribution in [1.29, 1.82) is 0 Å². The number of aryl methyl sites for hydroxylation is 2. The summed E-state index contributed by atoms with van der Waals surface area (Å²) in [5, 5.41) is 1.03. The minimum atomic E-state index is 0.543. The van der Waals surface area contributed by atoms with Crippen molar-refractivity contribution in [2.45, 2.75) is 46.1 Å². The van der Waals surface area contributed by atoms with E-state index in [1.165, 1.54) is 35.3 Å². The molecule has 0 aliphatic rings. The Kier molecular flexibility index (Phi) is 5.11. The Labute approximate surface area is 119 Å². The Morgan fingerprint density at radius 3 is 2.42 bits per heavy atom. The quantitative estimate of drug-likeness (QED) is 0.869. The summed E-state index contributed by atoms with van der Waals surface area (Å²) in [6.07, 6.45) is 4.68. The Morgan fingerprint density at radius 2 is 1.84 bits per heavy atom. The van der Waals surface area contributed by atoms with Crippen molar-refractivity contribution < 1.29 is 0 Å². The lowest BCUT2D eigenvalue weighted by atomic mass is 10.0. The Hall–Kier alpha value is -1.19. The lowest BCUT2D eigenvalue weighted by molar-refractivity contribution is 0.795. The monoisotopic (exact) mass is 274 g/mol. The molecule has 2 nitrogen and oxygen atoms in total. The van der Waals surface area contributed by atoms with Gasteiger partial charge in [0.1, 0.15) is 5.01 Å². The van der Waals surface area contributed by atoms with E-state index >= 15 is 0 Å². The van der Waals surface area contributed by atoms with E-state index in [0.29, 0.717) is 6.54 Å². The topological polar surface area (TPSA) is 38.9 Å². The van der Waals surface area contributed by atoms with E-state index in [-0.39, 0.29) is 0 Å². The fourth-order valence-corrected chi connectivity index (χ4v) is 3.11. The maximum absolute atomic E-state index is 5.64. The van der Waals surface area contributed by atoms with Gasteiger partial charge in [0.2, 0.25) is 0 Å². The molecule has 0 spiro atoms. The molecule has 2 aromatic rings. The molecular weight excluding hydrogens is 252 g/mol. The molecule has 0 fully saturated rings. The van der Waals surface area contributed by atoms with Crippen LogP contribution in [0.2, 0.25) is 0 Å². The summed E-state index contributed by atoms with van der Waals surface area (Å²) in [5.74, 6) is 0. The van der Waals surface area contributed by atoms with Crippen LogP contribution < -0.4 is 5.73 Å². The molecule has 0 radical (unpaired) electrons. The fourth-order valence-electron chi connectivity index (χ4n) is 2.13. The summed E-state index contributed by atoms with van der Waals surface area (Å²) in [6.45, 7) is 4.85. The van der Waals surface area contributed by atoms with Crippen LogP contribution in [0.5, 0.6) is 0 Å². The second-order valence-electron chi connectivity index (χ2n) is 4.92. The van der Waals surface area contributed by atoms with Crippen LogP contribution in [0.3, 0.4) is 0 Å². The summed E-state index contributed by atoms with van der Waals surface area (Å²) in [7, 11) is 0. The van der Waals surface area contributed by atoms with E-state index in [0.717, 1.165) is 17.1 Å². The first-order valence-electron chi connectivity index (χ1n) is 6.96. The van der Waals surface area contributed by atoms with Crippen LogP contribution in [0.15, 0.2) is 24.3 Å². The molecule has 19 heavy (non-hydrogen) atoms. The molecule has 1 aromatic carbocycles. The van der Waals surface area contributed by atoms with E-state index in [4.69, 9.17) is 5.73 Å². The number of nitrogens with zero attached hydrogens (tertiary/aromatic N) is 1.